The standard InChI is InChI=1S/C11H22N2O2/c1-11(2,3)15-10(14)8-13-9-5-4-6-12-7-9/h9,12-13H,4-8H2,1-3H3. The molecule has 0 spiro atoms. The van der Waals surface area contributed by atoms with Gasteiger partial charge in [-0.25, -0.2) is 0 Å². The number of nitrogens with one attached hydrogen (secondary N) is 2. The zero-order valence-corrected chi connectivity index (χ0v) is 9.93. The molecule has 1 aliphatic heterocycles. The highest BCUT2D eigenvalue weighted by atomic mass is 16.6. The molecule has 0 amide bonds. The molecule has 0 radical (unpaired) electrons. The van der Waals surface area contributed by atoms with Crippen molar-refractivity contribution in [3.8, 4) is 0 Å². The summed E-state index contributed by atoms with van der Waals surface area (Å²) in [5.74, 6) is -0.173. The van der Waals surface area contributed by atoms with Crippen LogP contribution in [0.15, 0.2) is 0 Å². The van der Waals surface area contributed by atoms with Crippen LogP contribution in [0.4, 0.5) is 0 Å². The van der Waals surface area contributed by atoms with Gasteiger partial charge in [0.2, 0.25) is 0 Å². The van der Waals surface area contributed by atoms with Gasteiger partial charge in [-0.05, 0) is 40.2 Å². The molecule has 0 aromatic rings. The Morgan fingerprint density at radius 3 is 2.80 bits per heavy atom. The van der Waals surface area contributed by atoms with E-state index in [-0.39, 0.29) is 11.6 Å². The summed E-state index contributed by atoms with van der Waals surface area (Å²) < 4.78 is 5.21. The third-order valence-electron chi connectivity index (χ3n) is 2.25. The van der Waals surface area contributed by atoms with E-state index in [2.05, 4.69) is 10.6 Å². The zero-order valence-electron chi connectivity index (χ0n) is 9.93. The van der Waals surface area contributed by atoms with Crippen LogP contribution >= 0.6 is 0 Å². The fourth-order valence-corrected chi connectivity index (χ4v) is 1.63. The molecule has 1 atom stereocenters. The maximum absolute atomic E-state index is 11.4. The van der Waals surface area contributed by atoms with Crippen LogP contribution in [0.2, 0.25) is 0 Å². The molecule has 0 aromatic heterocycles. The molecular weight excluding hydrogens is 192 g/mol. The van der Waals surface area contributed by atoms with Gasteiger partial charge in [-0.15, -0.1) is 0 Å². The lowest BCUT2D eigenvalue weighted by molar-refractivity contribution is -0.153. The largest absolute Gasteiger partial charge is 0.459 e. The van der Waals surface area contributed by atoms with Crippen LogP contribution in [-0.4, -0.2) is 37.2 Å². The maximum Gasteiger partial charge on any atom is 0.320 e. The lowest BCUT2D eigenvalue weighted by atomic mass is 10.1. The number of rotatable bonds is 3. The van der Waals surface area contributed by atoms with E-state index < -0.39 is 0 Å². The molecule has 1 unspecified atom stereocenters. The summed E-state index contributed by atoms with van der Waals surface area (Å²) in [7, 11) is 0. The van der Waals surface area contributed by atoms with Crippen molar-refractivity contribution in [1.29, 1.82) is 0 Å². The molecule has 1 aliphatic rings. The normalized spacial score (nSPS) is 22.5. The summed E-state index contributed by atoms with van der Waals surface area (Å²) in [5, 5.41) is 6.50. The Hall–Kier alpha value is -0.610. The first-order valence-corrected chi connectivity index (χ1v) is 5.63. The van der Waals surface area contributed by atoms with Gasteiger partial charge in [0.05, 0.1) is 6.54 Å². The van der Waals surface area contributed by atoms with Gasteiger partial charge in [-0.1, -0.05) is 0 Å². The van der Waals surface area contributed by atoms with Crippen LogP contribution in [-0.2, 0) is 9.53 Å². The van der Waals surface area contributed by atoms with Gasteiger partial charge in [0.1, 0.15) is 5.60 Å². The van der Waals surface area contributed by atoms with Crippen molar-refractivity contribution >= 4 is 5.97 Å². The van der Waals surface area contributed by atoms with E-state index in [1.54, 1.807) is 0 Å². The molecular formula is C11H22N2O2. The molecule has 4 nitrogen and oxygen atoms in total. The fourth-order valence-electron chi connectivity index (χ4n) is 1.63. The predicted molar refractivity (Wildman–Crippen MR) is 59.7 cm³/mol. The minimum atomic E-state index is -0.385. The lowest BCUT2D eigenvalue weighted by Crippen LogP contribution is -2.45. The molecule has 88 valence electrons. The monoisotopic (exact) mass is 214 g/mol. The Kier molecular flexibility index (Phi) is 4.54. The summed E-state index contributed by atoms with van der Waals surface area (Å²) >= 11 is 0. The van der Waals surface area contributed by atoms with Crippen LogP contribution < -0.4 is 10.6 Å². The summed E-state index contributed by atoms with van der Waals surface area (Å²) in [4.78, 5) is 11.4. The third kappa shape index (κ3) is 5.74. The second-order valence-electron chi connectivity index (χ2n) is 5.01. The molecule has 1 fully saturated rings. The van der Waals surface area contributed by atoms with E-state index in [9.17, 15) is 4.79 Å². The highest BCUT2D eigenvalue weighted by molar-refractivity contribution is 5.72. The number of esters is 1. The minimum absolute atomic E-state index is 0.173. The van der Waals surface area contributed by atoms with Crippen molar-refractivity contribution in [2.24, 2.45) is 0 Å². The smallest absolute Gasteiger partial charge is 0.320 e. The highest BCUT2D eigenvalue weighted by Gasteiger charge is 2.18. The van der Waals surface area contributed by atoms with Gasteiger partial charge < -0.3 is 15.4 Å². The average Bonchev–Trinajstić information content (AvgIpc) is 2.14. The number of hydrogen-bond donors (Lipinski definition) is 2. The summed E-state index contributed by atoms with van der Waals surface area (Å²) in [6, 6.07) is 0.409. The van der Waals surface area contributed by atoms with Gasteiger partial charge in [0.15, 0.2) is 0 Å². The van der Waals surface area contributed by atoms with Crippen LogP contribution in [0.5, 0.6) is 0 Å². The quantitative estimate of drug-likeness (QED) is 0.678. The molecule has 15 heavy (non-hydrogen) atoms. The summed E-state index contributed by atoms with van der Waals surface area (Å²) in [6.45, 7) is 7.99. The maximum atomic E-state index is 11.4. The Labute approximate surface area is 91.8 Å². The molecule has 1 saturated heterocycles. The Bertz CT molecular complexity index is 205. The lowest BCUT2D eigenvalue weighted by Gasteiger charge is -2.25. The number of piperidine rings is 1. The van der Waals surface area contributed by atoms with E-state index in [0.29, 0.717) is 12.6 Å². The van der Waals surface area contributed by atoms with Crippen LogP contribution in [0.3, 0.4) is 0 Å². The molecule has 1 rings (SSSR count). The molecule has 0 saturated carbocycles. The van der Waals surface area contributed by atoms with E-state index in [4.69, 9.17) is 4.74 Å². The van der Waals surface area contributed by atoms with Gasteiger partial charge in [0, 0.05) is 12.6 Å². The topological polar surface area (TPSA) is 50.4 Å². The SMILES string of the molecule is CC(C)(C)OC(=O)CNC1CCCNC1. The van der Waals surface area contributed by atoms with Gasteiger partial charge in [-0.3, -0.25) is 4.79 Å². The van der Waals surface area contributed by atoms with Gasteiger partial charge >= 0.3 is 5.97 Å². The van der Waals surface area contributed by atoms with Crippen molar-refractivity contribution in [3.63, 3.8) is 0 Å². The molecule has 0 aromatic carbocycles. The van der Waals surface area contributed by atoms with Crippen LogP contribution in [0.1, 0.15) is 33.6 Å². The van der Waals surface area contributed by atoms with Gasteiger partial charge in [-0.2, -0.15) is 0 Å². The third-order valence-corrected chi connectivity index (χ3v) is 2.25. The number of carbonyl (C=O) groups excluding carboxylic acids is 1. The Morgan fingerprint density at radius 1 is 1.53 bits per heavy atom. The van der Waals surface area contributed by atoms with E-state index in [1.807, 2.05) is 20.8 Å². The first-order valence-electron chi connectivity index (χ1n) is 5.63. The summed E-state index contributed by atoms with van der Waals surface area (Å²) in [6.07, 6.45) is 2.31. The van der Waals surface area contributed by atoms with Crippen molar-refractivity contribution in [3.05, 3.63) is 0 Å². The minimum Gasteiger partial charge on any atom is -0.459 e. The number of hydrogen-bond acceptors (Lipinski definition) is 4. The van der Waals surface area contributed by atoms with Gasteiger partial charge in [0.25, 0.3) is 0 Å². The molecule has 2 N–H and O–H groups in total. The second kappa shape index (κ2) is 5.47. The van der Waals surface area contributed by atoms with Crippen molar-refractivity contribution in [2.75, 3.05) is 19.6 Å². The molecule has 0 aliphatic carbocycles. The highest BCUT2D eigenvalue weighted by Crippen LogP contribution is 2.07. The molecule has 1 heterocycles. The predicted octanol–water partition coefficient (Wildman–Crippen LogP) is 0.670. The van der Waals surface area contributed by atoms with E-state index >= 15 is 0 Å². The van der Waals surface area contributed by atoms with Crippen molar-refractivity contribution in [1.82, 2.24) is 10.6 Å². The van der Waals surface area contributed by atoms with Crippen LogP contribution in [0.25, 0.3) is 0 Å². The average molecular weight is 214 g/mol. The van der Waals surface area contributed by atoms with Crippen molar-refractivity contribution < 1.29 is 9.53 Å². The Balaban J connectivity index is 2.15. The van der Waals surface area contributed by atoms with Crippen LogP contribution in [0, 0.1) is 0 Å². The first-order chi connectivity index (χ1) is 6.97. The fraction of sp³-hybridized carbons (Fsp3) is 0.909. The van der Waals surface area contributed by atoms with Crippen molar-refractivity contribution in [2.45, 2.75) is 45.3 Å². The number of ether oxygens (including phenoxy) is 1. The first kappa shape index (κ1) is 12.5. The number of carbonyl (C=O) groups is 1. The van der Waals surface area contributed by atoms with E-state index in [1.165, 1.54) is 6.42 Å². The van der Waals surface area contributed by atoms with E-state index in [0.717, 1.165) is 19.5 Å². The molecule has 0 bridgehead atoms. The zero-order chi connectivity index (χ0) is 11.3. The second-order valence-corrected chi connectivity index (χ2v) is 5.01. The Morgan fingerprint density at radius 2 is 2.27 bits per heavy atom. The molecule has 4 heteroatoms. The summed E-state index contributed by atoms with van der Waals surface area (Å²) in [5.41, 5.74) is -0.385.